The molecule has 0 aliphatic rings. The molecule has 0 aromatic carbocycles. The van der Waals surface area contributed by atoms with E-state index in [9.17, 15) is 5.21 Å². The molecule has 0 heterocycles. The van der Waals surface area contributed by atoms with Crippen molar-refractivity contribution in [2.45, 2.75) is 110 Å². The van der Waals surface area contributed by atoms with E-state index >= 15 is 0 Å². The van der Waals surface area contributed by atoms with E-state index in [1.165, 1.54) is 64.2 Å². The molecule has 0 fully saturated rings. The van der Waals surface area contributed by atoms with Crippen LogP contribution in [0.5, 0.6) is 0 Å². The summed E-state index contributed by atoms with van der Waals surface area (Å²) in [6, 6.07) is 0. The fraction of sp³-hybridized carbons (Fsp3) is 1.00. The molecule has 0 saturated heterocycles. The Morgan fingerprint density at radius 3 is 1.52 bits per heavy atom. The summed E-state index contributed by atoms with van der Waals surface area (Å²) < 4.78 is 0. The van der Waals surface area contributed by atoms with Crippen molar-refractivity contribution in [1.29, 1.82) is 0 Å². The Hall–Kier alpha value is -0.120. The van der Waals surface area contributed by atoms with Gasteiger partial charge >= 0.3 is 0 Å². The van der Waals surface area contributed by atoms with E-state index in [0.29, 0.717) is 13.0 Å². The average Bonchev–Trinajstić information content (AvgIpc) is 2.48. The van der Waals surface area contributed by atoms with Gasteiger partial charge in [-0.05, 0) is 26.3 Å². The molecule has 0 aromatic rings. The van der Waals surface area contributed by atoms with Crippen LogP contribution in [-0.2, 0) is 0 Å². The van der Waals surface area contributed by atoms with E-state index in [0.717, 1.165) is 17.9 Å². The maximum absolute atomic E-state index is 11.8. The van der Waals surface area contributed by atoms with Crippen LogP contribution in [0.2, 0.25) is 0 Å². The Morgan fingerprint density at radius 1 is 0.762 bits per heavy atom. The zero-order valence-corrected chi connectivity index (χ0v) is 14.8. The molecule has 0 aliphatic carbocycles. The second-order valence-electron chi connectivity index (χ2n) is 6.70. The number of hydrogen-bond donors (Lipinski definition) is 1. The van der Waals surface area contributed by atoms with Crippen LogP contribution < -0.4 is 5.73 Å². The summed E-state index contributed by atoms with van der Waals surface area (Å²) in [6.45, 7) is 6.63. The van der Waals surface area contributed by atoms with Gasteiger partial charge in [0.15, 0.2) is 0 Å². The molecule has 0 spiro atoms. The van der Waals surface area contributed by atoms with Crippen molar-refractivity contribution in [2.24, 2.45) is 5.73 Å². The third-order valence-electron chi connectivity index (χ3n) is 4.50. The second-order valence-corrected chi connectivity index (χ2v) is 6.70. The van der Waals surface area contributed by atoms with Crippen LogP contribution in [0.25, 0.3) is 0 Å². The van der Waals surface area contributed by atoms with Gasteiger partial charge < -0.3 is 16.0 Å². The molecule has 1 unspecified atom stereocenters. The van der Waals surface area contributed by atoms with Gasteiger partial charge in [0, 0.05) is 0 Å². The largest absolute Gasteiger partial charge is 0.784 e. The van der Waals surface area contributed by atoms with Crippen LogP contribution >= 0.6 is 0 Å². The first-order valence-electron chi connectivity index (χ1n) is 9.28. The molecule has 2 N–H and O–H groups in total. The van der Waals surface area contributed by atoms with Crippen LogP contribution in [-0.4, -0.2) is 17.3 Å². The van der Waals surface area contributed by atoms with Gasteiger partial charge in [0.25, 0.3) is 0 Å². The minimum absolute atomic E-state index is 0.582. The average molecular weight is 300 g/mol. The van der Waals surface area contributed by atoms with Crippen molar-refractivity contribution in [3.8, 4) is 0 Å². The number of rotatable bonds is 15. The molecule has 0 saturated carbocycles. The van der Waals surface area contributed by atoms with Crippen LogP contribution in [0.3, 0.4) is 0 Å². The Bertz CT molecular complexity index is 219. The molecule has 21 heavy (non-hydrogen) atoms. The summed E-state index contributed by atoms with van der Waals surface area (Å²) in [4.78, 5) is 0. The lowest BCUT2D eigenvalue weighted by atomic mass is 10.0. The molecule has 0 aliphatic heterocycles. The van der Waals surface area contributed by atoms with Gasteiger partial charge in [-0.2, -0.15) is 0 Å². The molecular weight excluding hydrogens is 260 g/mol. The van der Waals surface area contributed by atoms with Crippen LogP contribution in [0.4, 0.5) is 0 Å². The lowest BCUT2D eigenvalue weighted by molar-refractivity contribution is 0.162. The zero-order chi connectivity index (χ0) is 16.0. The van der Waals surface area contributed by atoms with E-state index in [-0.39, 0.29) is 0 Å². The van der Waals surface area contributed by atoms with Crippen molar-refractivity contribution in [3.63, 3.8) is 0 Å². The summed E-state index contributed by atoms with van der Waals surface area (Å²) in [5, 5.41) is 12.8. The van der Waals surface area contributed by atoms with E-state index in [1.54, 1.807) is 0 Å². The highest BCUT2D eigenvalue weighted by Crippen LogP contribution is 2.14. The number of hydrogen-bond acceptors (Lipinski definition) is 3. The molecule has 0 amide bonds. The Labute approximate surface area is 133 Å². The minimum atomic E-state index is -0.683. The third-order valence-corrected chi connectivity index (χ3v) is 4.50. The van der Waals surface area contributed by atoms with E-state index in [1.807, 2.05) is 13.8 Å². The Kier molecular flexibility index (Phi) is 13.5. The summed E-state index contributed by atoms with van der Waals surface area (Å²) in [6.07, 6.45) is 16.6. The molecule has 0 rings (SSSR count). The number of hydroxylamine groups is 2. The van der Waals surface area contributed by atoms with Gasteiger partial charge in [0.05, 0.1) is 5.66 Å². The fourth-order valence-electron chi connectivity index (χ4n) is 2.53. The monoisotopic (exact) mass is 299 g/mol. The van der Waals surface area contributed by atoms with Crippen molar-refractivity contribution < 1.29 is 0 Å². The topological polar surface area (TPSA) is 52.3 Å². The first kappa shape index (κ1) is 20.9. The third kappa shape index (κ3) is 12.1. The van der Waals surface area contributed by atoms with Gasteiger partial charge in [-0.3, -0.25) is 0 Å². The van der Waals surface area contributed by atoms with Crippen molar-refractivity contribution in [3.05, 3.63) is 5.21 Å². The fourth-order valence-corrected chi connectivity index (χ4v) is 2.53. The molecule has 3 heteroatoms. The van der Waals surface area contributed by atoms with Crippen molar-refractivity contribution in [1.82, 2.24) is 5.06 Å². The van der Waals surface area contributed by atoms with E-state index in [2.05, 4.69) is 6.92 Å². The predicted molar refractivity (Wildman–Crippen MR) is 94.0 cm³/mol. The standard InChI is InChI=1S/C18H39N2O/c1-4-6-7-8-9-10-11-12-13-14-15-16-17-20(21)18(3,19)5-2/h4-17,19H2,1-3H3/q-1. The number of nitrogens with two attached hydrogens (primary N) is 1. The molecular formula is C18H39N2O-. The summed E-state index contributed by atoms with van der Waals surface area (Å²) in [5.74, 6) is 0. The summed E-state index contributed by atoms with van der Waals surface area (Å²) in [7, 11) is 0. The van der Waals surface area contributed by atoms with E-state index in [4.69, 9.17) is 5.73 Å². The Morgan fingerprint density at radius 2 is 1.14 bits per heavy atom. The SMILES string of the molecule is CCCCCCCCCCCCCCN([O-])C(C)(N)CC. The normalized spacial score (nSPS) is 14.6. The summed E-state index contributed by atoms with van der Waals surface area (Å²) >= 11 is 0. The molecule has 0 aromatic heterocycles. The lowest BCUT2D eigenvalue weighted by Crippen LogP contribution is -2.50. The Balaban J connectivity index is 3.23. The van der Waals surface area contributed by atoms with Gasteiger partial charge in [-0.1, -0.05) is 84.5 Å². The van der Waals surface area contributed by atoms with Gasteiger partial charge in [0.1, 0.15) is 0 Å². The smallest absolute Gasteiger partial charge is 0.0541 e. The maximum atomic E-state index is 11.8. The van der Waals surface area contributed by atoms with E-state index < -0.39 is 5.66 Å². The predicted octanol–water partition coefficient (Wildman–Crippen LogP) is 5.57. The van der Waals surface area contributed by atoms with Crippen LogP contribution in [0.15, 0.2) is 0 Å². The minimum Gasteiger partial charge on any atom is -0.784 e. The highest BCUT2D eigenvalue weighted by molar-refractivity contribution is 4.78. The quantitative estimate of drug-likeness (QED) is 0.244. The zero-order valence-electron chi connectivity index (χ0n) is 14.8. The maximum Gasteiger partial charge on any atom is 0.0541 e. The summed E-state index contributed by atoms with van der Waals surface area (Å²) in [5.41, 5.74) is 5.23. The number of nitrogens with zero attached hydrogens (tertiary/aromatic N) is 1. The van der Waals surface area contributed by atoms with Crippen LogP contribution in [0.1, 0.15) is 104 Å². The van der Waals surface area contributed by atoms with Crippen LogP contribution in [0, 0.1) is 5.21 Å². The number of unbranched alkanes of at least 4 members (excludes halogenated alkanes) is 11. The first-order chi connectivity index (χ1) is 10.0. The lowest BCUT2D eigenvalue weighted by Gasteiger charge is -2.43. The molecule has 3 nitrogen and oxygen atoms in total. The molecule has 128 valence electrons. The second kappa shape index (κ2) is 13.5. The first-order valence-corrected chi connectivity index (χ1v) is 9.28. The highest BCUT2D eigenvalue weighted by atomic mass is 16.5. The molecule has 0 radical (unpaired) electrons. The molecule has 1 atom stereocenters. The van der Waals surface area contributed by atoms with Gasteiger partial charge in [-0.25, -0.2) is 0 Å². The van der Waals surface area contributed by atoms with Crippen molar-refractivity contribution in [2.75, 3.05) is 6.54 Å². The molecule has 0 bridgehead atoms. The van der Waals surface area contributed by atoms with Crippen molar-refractivity contribution >= 4 is 0 Å². The van der Waals surface area contributed by atoms with Gasteiger partial charge in [-0.15, -0.1) is 0 Å². The highest BCUT2D eigenvalue weighted by Gasteiger charge is 2.16. The van der Waals surface area contributed by atoms with Gasteiger partial charge in [0.2, 0.25) is 0 Å².